The minimum absolute atomic E-state index is 0.192. The van der Waals surface area contributed by atoms with Crippen LogP contribution in [-0.4, -0.2) is 42.0 Å². The molecule has 4 nitrogen and oxygen atoms in total. The number of aromatic nitrogens is 1. The van der Waals surface area contributed by atoms with E-state index in [4.69, 9.17) is 4.98 Å². The van der Waals surface area contributed by atoms with E-state index < -0.39 is 0 Å². The summed E-state index contributed by atoms with van der Waals surface area (Å²) in [6.07, 6.45) is 0. The Morgan fingerprint density at radius 3 is 2.85 bits per heavy atom. The first kappa shape index (κ1) is 13.7. The van der Waals surface area contributed by atoms with E-state index in [2.05, 4.69) is 22.2 Å². The highest BCUT2D eigenvalue weighted by molar-refractivity contribution is 7.14. The third-order valence-electron chi connectivity index (χ3n) is 3.67. The summed E-state index contributed by atoms with van der Waals surface area (Å²) >= 11 is 3.43. The number of piperazine rings is 1. The molecule has 0 spiro atoms. The number of quaternary nitrogens is 1. The highest BCUT2D eigenvalue weighted by atomic mass is 32.1. The van der Waals surface area contributed by atoms with Crippen LogP contribution >= 0.6 is 22.7 Å². The lowest BCUT2D eigenvalue weighted by Gasteiger charge is -2.31. The Labute approximate surface area is 126 Å². The molecule has 3 heterocycles. The van der Waals surface area contributed by atoms with E-state index in [9.17, 15) is 4.79 Å². The van der Waals surface area contributed by atoms with Crippen molar-refractivity contribution in [1.29, 1.82) is 0 Å². The first-order valence-corrected chi connectivity index (χ1v) is 8.60. The fraction of sp³-hybridized carbons (Fsp3) is 0.429. The van der Waals surface area contributed by atoms with Gasteiger partial charge in [0.15, 0.2) is 0 Å². The molecule has 0 bridgehead atoms. The number of nitrogens with one attached hydrogen (secondary N) is 1. The minimum atomic E-state index is 0.192. The largest absolute Gasteiger partial charge is 0.332 e. The number of carbonyl (C=O) groups excluding carboxylic acids is 1. The molecular weight excluding hydrogens is 290 g/mol. The maximum atomic E-state index is 11.3. The average molecular weight is 308 g/mol. The molecule has 1 saturated heterocycles. The van der Waals surface area contributed by atoms with E-state index >= 15 is 0 Å². The molecule has 2 aromatic rings. The third kappa shape index (κ3) is 3.08. The number of nitrogens with zero attached hydrogens (tertiary/aromatic N) is 2. The van der Waals surface area contributed by atoms with Crippen molar-refractivity contribution < 1.29 is 9.69 Å². The monoisotopic (exact) mass is 308 g/mol. The molecule has 3 rings (SSSR count). The van der Waals surface area contributed by atoms with Crippen LogP contribution in [0.4, 0.5) is 0 Å². The van der Waals surface area contributed by atoms with Gasteiger partial charge >= 0.3 is 0 Å². The molecule has 1 aliphatic rings. The lowest BCUT2D eigenvalue weighted by molar-refractivity contribution is -0.917. The standard InChI is InChI=1S/C14H17N3OS2/c1-11(18)17-5-3-16(4-6-17)8-13-10-20-14(15-13)12-2-7-19-9-12/h2,7,9-10H,3-6,8H2,1H3/p+1. The summed E-state index contributed by atoms with van der Waals surface area (Å²) in [6.45, 7) is 6.39. The van der Waals surface area contributed by atoms with Crippen LogP contribution in [0.15, 0.2) is 22.2 Å². The Balaban J connectivity index is 1.58. The second-order valence-corrected chi connectivity index (χ2v) is 6.73. The van der Waals surface area contributed by atoms with E-state index in [-0.39, 0.29) is 5.91 Å². The number of amides is 1. The molecule has 20 heavy (non-hydrogen) atoms. The molecule has 0 atom stereocenters. The lowest BCUT2D eigenvalue weighted by atomic mass is 10.3. The summed E-state index contributed by atoms with van der Waals surface area (Å²) in [5.41, 5.74) is 2.39. The van der Waals surface area contributed by atoms with Crippen LogP contribution in [-0.2, 0) is 11.3 Å². The molecule has 0 aromatic carbocycles. The summed E-state index contributed by atoms with van der Waals surface area (Å²) in [7, 11) is 0. The molecule has 1 aliphatic heterocycles. The maximum absolute atomic E-state index is 11.3. The fourth-order valence-corrected chi connectivity index (χ4v) is 4.01. The van der Waals surface area contributed by atoms with Crippen LogP contribution in [0.1, 0.15) is 12.6 Å². The van der Waals surface area contributed by atoms with E-state index in [1.165, 1.54) is 16.2 Å². The van der Waals surface area contributed by atoms with Crippen LogP contribution in [0.3, 0.4) is 0 Å². The summed E-state index contributed by atoms with van der Waals surface area (Å²) in [6, 6.07) is 2.12. The molecule has 1 fully saturated rings. The number of hydrogen-bond acceptors (Lipinski definition) is 4. The molecular formula is C14H18N3OS2+. The molecule has 0 unspecified atom stereocenters. The van der Waals surface area contributed by atoms with Crippen molar-refractivity contribution in [2.24, 2.45) is 0 Å². The Hall–Kier alpha value is -1.24. The van der Waals surface area contributed by atoms with Crippen molar-refractivity contribution in [3.8, 4) is 10.6 Å². The summed E-state index contributed by atoms with van der Waals surface area (Å²) in [5, 5.41) is 7.50. The third-order valence-corrected chi connectivity index (χ3v) is 5.29. The first-order valence-electron chi connectivity index (χ1n) is 6.78. The molecule has 0 aliphatic carbocycles. The van der Waals surface area contributed by atoms with Gasteiger partial charge in [0.05, 0.1) is 26.2 Å². The van der Waals surface area contributed by atoms with Crippen molar-refractivity contribution in [2.75, 3.05) is 26.2 Å². The molecule has 2 aromatic heterocycles. The second-order valence-electron chi connectivity index (χ2n) is 5.09. The minimum Gasteiger partial charge on any atom is -0.332 e. The topological polar surface area (TPSA) is 37.6 Å². The molecule has 0 saturated carbocycles. The van der Waals surface area contributed by atoms with Gasteiger partial charge in [0.25, 0.3) is 0 Å². The van der Waals surface area contributed by atoms with Crippen LogP contribution in [0, 0.1) is 0 Å². The van der Waals surface area contributed by atoms with Crippen molar-refractivity contribution in [1.82, 2.24) is 9.88 Å². The van der Waals surface area contributed by atoms with Crippen LogP contribution < -0.4 is 4.90 Å². The Morgan fingerprint density at radius 1 is 1.40 bits per heavy atom. The molecule has 0 radical (unpaired) electrons. The van der Waals surface area contributed by atoms with Gasteiger partial charge in [0.2, 0.25) is 5.91 Å². The molecule has 6 heteroatoms. The van der Waals surface area contributed by atoms with Crippen LogP contribution in [0.25, 0.3) is 10.6 Å². The van der Waals surface area contributed by atoms with Gasteiger partial charge in [0, 0.05) is 23.2 Å². The number of thiazole rings is 1. The van der Waals surface area contributed by atoms with Crippen molar-refractivity contribution in [3.63, 3.8) is 0 Å². The van der Waals surface area contributed by atoms with Gasteiger partial charge in [-0.25, -0.2) is 4.98 Å². The number of hydrogen-bond donors (Lipinski definition) is 1. The molecule has 1 amide bonds. The zero-order valence-electron chi connectivity index (χ0n) is 11.5. The fourth-order valence-electron chi connectivity index (χ4n) is 2.48. The van der Waals surface area contributed by atoms with Gasteiger partial charge in [-0.1, -0.05) is 0 Å². The zero-order chi connectivity index (χ0) is 13.9. The van der Waals surface area contributed by atoms with Crippen LogP contribution in [0.2, 0.25) is 0 Å². The van der Waals surface area contributed by atoms with Gasteiger partial charge in [-0.3, -0.25) is 4.79 Å². The second kappa shape index (κ2) is 6.03. The Morgan fingerprint density at radius 2 is 2.20 bits per heavy atom. The van der Waals surface area contributed by atoms with Gasteiger partial charge in [-0.05, 0) is 11.4 Å². The van der Waals surface area contributed by atoms with Crippen molar-refractivity contribution >= 4 is 28.6 Å². The first-order chi connectivity index (χ1) is 9.72. The maximum Gasteiger partial charge on any atom is 0.219 e. The quantitative estimate of drug-likeness (QED) is 0.923. The number of carbonyl (C=O) groups is 1. The molecule has 106 valence electrons. The van der Waals surface area contributed by atoms with Crippen molar-refractivity contribution in [2.45, 2.75) is 13.5 Å². The predicted molar refractivity (Wildman–Crippen MR) is 82.1 cm³/mol. The van der Waals surface area contributed by atoms with Crippen LogP contribution in [0.5, 0.6) is 0 Å². The number of thiophene rings is 1. The van der Waals surface area contributed by atoms with E-state index in [1.807, 2.05) is 4.90 Å². The average Bonchev–Trinajstić information content (AvgIpc) is 3.09. The SMILES string of the molecule is CC(=O)N1CC[NH+](Cc2csc(-c3ccsc3)n2)CC1. The number of rotatable bonds is 3. The Kier molecular flexibility index (Phi) is 4.14. The molecule has 1 N–H and O–H groups in total. The zero-order valence-corrected chi connectivity index (χ0v) is 13.1. The van der Waals surface area contributed by atoms with E-state index in [0.717, 1.165) is 37.7 Å². The van der Waals surface area contributed by atoms with Gasteiger partial charge < -0.3 is 9.80 Å². The normalized spacial score (nSPS) is 16.6. The highest BCUT2D eigenvalue weighted by Crippen LogP contribution is 2.25. The predicted octanol–water partition coefficient (Wildman–Crippen LogP) is 1.12. The van der Waals surface area contributed by atoms with Gasteiger partial charge in [-0.15, -0.1) is 11.3 Å². The van der Waals surface area contributed by atoms with Gasteiger partial charge in [0.1, 0.15) is 17.2 Å². The van der Waals surface area contributed by atoms with E-state index in [0.29, 0.717) is 0 Å². The van der Waals surface area contributed by atoms with E-state index in [1.54, 1.807) is 29.6 Å². The lowest BCUT2D eigenvalue weighted by Crippen LogP contribution is -3.13. The summed E-state index contributed by atoms with van der Waals surface area (Å²) < 4.78 is 0. The summed E-state index contributed by atoms with van der Waals surface area (Å²) in [4.78, 5) is 19.5. The van der Waals surface area contributed by atoms with Gasteiger partial charge in [-0.2, -0.15) is 11.3 Å². The van der Waals surface area contributed by atoms with Crippen molar-refractivity contribution in [3.05, 3.63) is 27.9 Å². The highest BCUT2D eigenvalue weighted by Gasteiger charge is 2.22. The summed E-state index contributed by atoms with van der Waals surface area (Å²) in [5.74, 6) is 0.192. The Bertz CT molecular complexity index is 571. The smallest absolute Gasteiger partial charge is 0.219 e.